The van der Waals surface area contributed by atoms with Gasteiger partial charge in [-0.1, -0.05) is 0 Å². The molecule has 0 fully saturated rings. The van der Waals surface area contributed by atoms with E-state index < -0.39 is 36.8 Å². The van der Waals surface area contributed by atoms with Crippen LogP contribution in [0.4, 0.5) is 26.3 Å². The third-order valence-corrected chi connectivity index (χ3v) is 5.34. The number of hydrogen-bond donors (Lipinski definition) is 1. The number of benzene rings is 3. The lowest BCUT2D eigenvalue weighted by Gasteiger charge is -2.12. The summed E-state index contributed by atoms with van der Waals surface area (Å²) in [6.07, 6.45) is -9.74. The Kier molecular flexibility index (Phi) is 8.31. The smallest absolute Gasteiger partial charge is 0.487 e. The molecule has 1 heterocycles. The Morgan fingerprint density at radius 3 is 1.90 bits per heavy atom. The Morgan fingerprint density at radius 1 is 0.805 bits per heavy atom. The second kappa shape index (κ2) is 11.7. The van der Waals surface area contributed by atoms with Gasteiger partial charge in [0.05, 0.1) is 11.4 Å². The summed E-state index contributed by atoms with van der Waals surface area (Å²) in [5.41, 5.74) is 2.18. The summed E-state index contributed by atoms with van der Waals surface area (Å²) < 4.78 is 95.6. The Labute approximate surface area is 228 Å². The molecule has 0 atom stereocenters. The number of halogens is 6. The molecule has 41 heavy (non-hydrogen) atoms. The second-order valence-corrected chi connectivity index (χ2v) is 8.44. The molecular formula is C27H20F6N2O6. The molecule has 0 aliphatic heterocycles. The third kappa shape index (κ3) is 8.30. The van der Waals surface area contributed by atoms with Gasteiger partial charge in [-0.05, 0) is 85.3 Å². The number of alkyl halides is 6. The van der Waals surface area contributed by atoms with Crippen molar-refractivity contribution in [2.75, 3.05) is 6.61 Å². The highest BCUT2D eigenvalue weighted by Gasteiger charge is 2.32. The largest absolute Gasteiger partial charge is 0.573 e. The van der Waals surface area contributed by atoms with Gasteiger partial charge in [-0.2, -0.15) is 5.10 Å². The molecule has 4 rings (SSSR count). The third-order valence-electron chi connectivity index (χ3n) is 5.34. The summed E-state index contributed by atoms with van der Waals surface area (Å²) in [5.74, 6) is -1.22. The van der Waals surface area contributed by atoms with Crippen molar-refractivity contribution in [3.05, 3.63) is 84.1 Å². The van der Waals surface area contributed by atoms with E-state index in [1.54, 1.807) is 31.2 Å². The molecule has 0 amide bonds. The molecule has 8 nitrogen and oxygen atoms in total. The van der Waals surface area contributed by atoms with E-state index in [1.807, 2.05) is 0 Å². The molecule has 0 bridgehead atoms. The van der Waals surface area contributed by atoms with Crippen LogP contribution in [-0.4, -0.2) is 40.2 Å². The summed E-state index contributed by atoms with van der Waals surface area (Å²) in [6.45, 7) is 1.14. The molecule has 0 saturated heterocycles. The van der Waals surface area contributed by atoms with E-state index in [4.69, 9.17) is 14.6 Å². The predicted octanol–water partition coefficient (Wildman–Crippen LogP) is 6.69. The molecular weight excluding hydrogens is 562 g/mol. The first-order valence-corrected chi connectivity index (χ1v) is 11.6. The van der Waals surface area contributed by atoms with Crippen molar-refractivity contribution in [1.82, 2.24) is 9.78 Å². The Bertz CT molecular complexity index is 1420. The zero-order valence-electron chi connectivity index (χ0n) is 21.0. The molecule has 0 aliphatic rings. The quantitative estimate of drug-likeness (QED) is 0.209. The Hall–Kier alpha value is -4.88. The van der Waals surface area contributed by atoms with Crippen LogP contribution < -0.4 is 18.9 Å². The van der Waals surface area contributed by atoms with Crippen molar-refractivity contribution < 1.29 is 55.2 Å². The van der Waals surface area contributed by atoms with Gasteiger partial charge in [-0.25, -0.2) is 9.48 Å². The highest BCUT2D eigenvalue weighted by atomic mass is 19.4. The van der Waals surface area contributed by atoms with Crippen LogP contribution in [0.2, 0.25) is 0 Å². The van der Waals surface area contributed by atoms with E-state index in [0.717, 1.165) is 24.3 Å². The van der Waals surface area contributed by atoms with Crippen molar-refractivity contribution in [2.24, 2.45) is 0 Å². The molecule has 216 valence electrons. The van der Waals surface area contributed by atoms with Crippen molar-refractivity contribution in [2.45, 2.75) is 26.3 Å². The summed E-state index contributed by atoms with van der Waals surface area (Å²) in [5, 5.41) is 13.2. The number of aryl methyl sites for hydroxylation is 1. The van der Waals surface area contributed by atoms with Gasteiger partial charge in [0.15, 0.2) is 6.61 Å². The van der Waals surface area contributed by atoms with E-state index in [0.29, 0.717) is 39.7 Å². The number of aromatic nitrogens is 2. The fourth-order valence-electron chi connectivity index (χ4n) is 3.69. The minimum Gasteiger partial charge on any atom is -0.487 e. The summed E-state index contributed by atoms with van der Waals surface area (Å²) in [7, 11) is 0. The van der Waals surface area contributed by atoms with Gasteiger partial charge in [-0.3, -0.25) is 0 Å². The number of carboxylic acids is 1. The first kappa shape index (κ1) is 29.1. The second-order valence-electron chi connectivity index (χ2n) is 8.44. The lowest BCUT2D eigenvalue weighted by atomic mass is 10.1. The molecule has 4 aromatic rings. The zero-order valence-corrected chi connectivity index (χ0v) is 21.0. The summed E-state index contributed by atoms with van der Waals surface area (Å²) in [4.78, 5) is 10.7. The van der Waals surface area contributed by atoms with Crippen LogP contribution in [0.25, 0.3) is 16.9 Å². The Balaban J connectivity index is 1.60. The number of nitrogens with zero attached hydrogens (tertiary/aromatic N) is 2. The fraction of sp³-hybridized carbons (Fsp3) is 0.185. The van der Waals surface area contributed by atoms with Crippen LogP contribution in [0.1, 0.15) is 11.3 Å². The first-order chi connectivity index (χ1) is 19.3. The van der Waals surface area contributed by atoms with Crippen LogP contribution in [0.5, 0.6) is 23.0 Å². The number of carbonyl (C=O) groups is 1. The van der Waals surface area contributed by atoms with E-state index in [1.165, 1.54) is 28.9 Å². The highest BCUT2D eigenvalue weighted by Crippen LogP contribution is 2.31. The number of rotatable bonds is 10. The zero-order chi connectivity index (χ0) is 29.8. The van der Waals surface area contributed by atoms with Gasteiger partial charge in [0.2, 0.25) is 0 Å². The molecule has 14 heteroatoms. The molecule has 1 aromatic heterocycles. The predicted molar refractivity (Wildman–Crippen MR) is 131 cm³/mol. The molecule has 0 saturated carbocycles. The minimum atomic E-state index is -4.87. The highest BCUT2D eigenvalue weighted by molar-refractivity contribution is 5.68. The monoisotopic (exact) mass is 582 g/mol. The van der Waals surface area contributed by atoms with Gasteiger partial charge >= 0.3 is 18.7 Å². The summed E-state index contributed by atoms with van der Waals surface area (Å²) in [6, 6.07) is 16.2. The average molecular weight is 582 g/mol. The van der Waals surface area contributed by atoms with Crippen LogP contribution >= 0.6 is 0 Å². The number of ether oxygens (including phenoxy) is 4. The minimum absolute atomic E-state index is 0.0562. The molecule has 0 spiro atoms. The maximum Gasteiger partial charge on any atom is 0.573 e. The van der Waals surface area contributed by atoms with E-state index >= 15 is 0 Å². The maximum absolute atomic E-state index is 12.6. The summed E-state index contributed by atoms with van der Waals surface area (Å²) >= 11 is 0. The van der Waals surface area contributed by atoms with E-state index in [-0.39, 0.29) is 6.61 Å². The molecule has 1 N–H and O–H groups in total. The van der Waals surface area contributed by atoms with Crippen molar-refractivity contribution >= 4 is 5.97 Å². The molecule has 0 unspecified atom stereocenters. The molecule has 0 aliphatic carbocycles. The standard InChI is InChI=1S/C27H20F6N2O6/c1-16-12-22(10-11-24(16)39-15-25(36)37)38-14-18-13-23(17-2-6-20(7-3-17)40-26(28,29)30)35(34-18)19-4-8-21(9-5-19)41-27(31,32)33/h2-13H,14-15H2,1H3,(H,36,37). The number of aliphatic carboxylic acids is 1. The van der Waals surface area contributed by atoms with Crippen molar-refractivity contribution in [3.63, 3.8) is 0 Å². The lowest BCUT2D eigenvalue weighted by molar-refractivity contribution is -0.275. The maximum atomic E-state index is 12.6. The number of hydrogen-bond acceptors (Lipinski definition) is 6. The normalized spacial score (nSPS) is 11.7. The van der Waals surface area contributed by atoms with Crippen molar-refractivity contribution in [3.8, 4) is 39.9 Å². The van der Waals surface area contributed by atoms with Crippen molar-refractivity contribution in [1.29, 1.82) is 0 Å². The van der Waals surface area contributed by atoms with Gasteiger partial charge in [0.1, 0.15) is 35.3 Å². The topological polar surface area (TPSA) is 92.0 Å². The fourth-order valence-corrected chi connectivity index (χ4v) is 3.69. The van der Waals surface area contributed by atoms with Gasteiger partial charge in [0, 0.05) is 5.56 Å². The van der Waals surface area contributed by atoms with Crippen LogP contribution in [0.3, 0.4) is 0 Å². The van der Waals surface area contributed by atoms with Crippen LogP contribution in [-0.2, 0) is 11.4 Å². The van der Waals surface area contributed by atoms with E-state index in [2.05, 4.69) is 14.6 Å². The van der Waals surface area contributed by atoms with E-state index in [9.17, 15) is 31.1 Å². The average Bonchev–Trinajstić information content (AvgIpc) is 3.30. The van der Waals surface area contributed by atoms with Crippen LogP contribution in [0, 0.1) is 6.92 Å². The van der Waals surface area contributed by atoms with Gasteiger partial charge < -0.3 is 24.1 Å². The Morgan fingerprint density at radius 2 is 1.37 bits per heavy atom. The van der Waals surface area contributed by atoms with Gasteiger partial charge in [-0.15, -0.1) is 26.3 Å². The SMILES string of the molecule is Cc1cc(OCc2cc(-c3ccc(OC(F)(F)F)cc3)n(-c3ccc(OC(F)(F)F)cc3)n2)ccc1OCC(=O)O. The lowest BCUT2D eigenvalue weighted by Crippen LogP contribution is -2.17. The number of carboxylic acid groups (broad SMARTS) is 1. The first-order valence-electron chi connectivity index (χ1n) is 11.6. The van der Waals surface area contributed by atoms with Gasteiger partial charge in [0.25, 0.3) is 0 Å². The van der Waals surface area contributed by atoms with Crippen LogP contribution in [0.15, 0.2) is 72.8 Å². The molecule has 0 radical (unpaired) electrons. The molecule has 3 aromatic carbocycles.